The van der Waals surface area contributed by atoms with Gasteiger partial charge in [-0.05, 0) is 69.1 Å². The highest BCUT2D eigenvalue weighted by molar-refractivity contribution is 4.91. The summed E-state index contributed by atoms with van der Waals surface area (Å²) in [5, 5.41) is 8.89. The molecule has 0 heterocycles. The van der Waals surface area contributed by atoms with E-state index < -0.39 is 0 Å². The molecule has 0 bridgehead atoms. The van der Waals surface area contributed by atoms with Gasteiger partial charge in [-0.3, -0.25) is 0 Å². The molecule has 2 aliphatic carbocycles. The molecule has 0 aromatic rings. The number of nitrogens with zero attached hydrogens (tertiary/aromatic N) is 1. The van der Waals surface area contributed by atoms with Crippen molar-refractivity contribution in [3.8, 4) is 6.07 Å². The third-order valence-electron chi connectivity index (χ3n) is 4.77. The molecule has 0 aromatic heterocycles. The van der Waals surface area contributed by atoms with E-state index in [-0.39, 0.29) is 0 Å². The van der Waals surface area contributed by atoms with Crippen LogP contribution in [-0.2, 0) is 0 Å². The first-order valence-electron chi connectivity index (χ1n) is 6.85. The van der Waals surface area contributed by atoms with E-state index in [0.717, 1.165) is 30.6 Å². The van der Waals surface area contributed by atoms with E-state index >= 15 is 0 Å². The lowest BCUT2D eigenvalue weighted by Crippen LogP contribution is -2.25. The molecule has 16 heavy (non-hydrogen) atoms. The molecule has 1 nitrogen and oxygen atoms in total. The summed E-state index contributed by atoms with van der Waals surface area (Å²) in [6, 6.07) is 2.43. The summed E-state index contributed by atoms with van der Waals surface area (Å²) in [5.41, 5.74) is 0. The van der Waals surface area contributed by atoms with E-state index in [0.29, 0.717) is 5.92 Å². The molecule has 2 fully saturated rings. The minimum absolute atomic E-state index is 0.362. The maximum atomic E-state index is 8.89. The Hall–Kier alpha value is -0.770. The molecule has 0 atom stereocenters. The van der Waals surface area contributed by atoms with Crippen molar-refractivity contribution in [2.45, 2.75) is 51.4 Å². The highest BCUT2D eigenvalue weighted by Gasteiger charge is 2.29. The molecule has 2 rings (SSSR count). The summed E-state index contributed by atoms with van der Waals surface area (Å²) in [7, 11) is 0. The molecule has 0 unspecified atom stereocenters. The fraction of sp³-hybridized carbons (Fsp3) is 0.800. The van der Waals surface area contributed by atoms with Crippen molar-refractivity contribution >= 4 is 0 Å². The van der Waals surface area contributed by atoms with Crippen molar-refractivity contribution in [1.82, 2.24) is 0 Å². The molecule has 0 spiro atoms. The average Bonchev–Trinajstić information content (AvgIpc) is 2.39. The molecular weight excluding hydrogens is 194 g/mol. The van der Waals surface area contributed by atoms with Gasteiger partial charge in [0.1, 0.15) is 0 Å². The van der Waals surface area contributed by atoms with Crippen molar-refractivity contribution in [3.05, 3.63) is 12.7 Å². The lowest BCUT2D eigenvalue weighted by Gasteiger charge is -2.36. The lowest BCUT2D eigenvalue weighted by molar-refractivity contribution is 0.168. The zero-order valence-corrected chi connectivity index (χ0v) is 10.2. The smallest absolute Gasteiger partial charge is 0.0655 e. The van der Waals surface area contributed by atoms with Gasteiger partial charge in [0.2, 0.25) is 0 Å². The van der Waals surface area contributed by atoms with Gasteiger partial charge in [0, 0.05) is 5.92 Å². The molecule has 0 amide bonds. The number of hydrogen-bond donors (Lipinski definition) is 0. The van der Waals surface area contributed by atoms with Gasteiger partial charge in [0.25, 0.3) is 0 Å². The van der Waals surface area contributed by atoms with Crippen LogP contribution in [0.15, 0.2) is 12.7 Å². The number of nitriles is 1. The Labute approximate surface area is 99.5 Å². The van der Waals surface area contributed by atoms with Crippen molar-refractivity contribution < 1.29 is 0 Å². The monoisotopic (exact) mass is 217 g/mol. The van der Waals surface area contributed by atoms with Crippen LogP contribution >= 0.6 is 0 Å². The molecule has 0 N–H and O–H groups in total. The first-order chi connectivity index (χ1) is 7.83. The predicted molar refractivity (Wildman–Crippen MR) is 66.7 cm³/mol. The van der Waals surface area contributed by atoms with Crippen LogP contribution in [-0.4, -0.2) is 0 Å². The summed E-state index contributed by atoms with van der Waals surface area (Å²) in [5.74, 6) is 3.03. The van der Waals surface area contributed by atoms with E-state index in [1.807, 2.05) is 0 Å². The first kappa shape index (κ1) is 11.7. The molecule has 1 heteroatoms. The highest BCUT2D eigenvalue weighted by atomic mass is 14.4. The molecule has 0 saturated heterocycles. The Balaban J connectivity index is 1.78. The summed E-state index contributed by atoms with van der Waals surface area (Å²) in [6.45, 7) is 3.91. The van der Waals surface area contributed by atoms with Gasteiger partial charge in [-0.2, -0.15) is 5.26 Å². The van der Waals surface area contributed by atoms with Gasteiger partial charge < -0.3 is 0 Å². The van der Waals surface area contributed by atoms with Crippen LogP contribution < -0.4 is 0 Å². The van der Waals surface area contributed by atoms with Gasteiger partial charge in [-0.1, -0.05) is 6.08 Å². The van der Waals surface area contributed by atoms with Gasteiger partial charge in [-0.25, -0.2) is 0 Å². The SMILES string of the molecule is C=CC1CCC(C2CCC(C#N)CC2)CC1. The van der Waals surface area contributed by atoms with Crippen molar-refractivity contribution in [2.75, 3.05) is 0 Å². The normalized spacial score (nSPS) is 39.9. The Morgan fingerprint density at radius 1 is 0.875 bits per heavy atom. The summed E-state index contributed by atoms with van der Waals surface area (Å²) in [4.78, 5) is 0. The largest absolute Gasteiger partial charge is 0.198 e. The summed E-state index contributed by atoms with van der Waals surface area (Å²) >= 11 is 0. The Morgan fingerprint density at radius 2 is 1.38 bits per heavy atom. The van der Waals surface area contributed by atoms with Crippen molar-refractivity contribution in [2.24, 2.45) is 23.7 Å². The molecular formula is C15H23N. The first-order valence-corrected chi connectivity index (χ1v) is 6.85. The van der Waals surface area contributed by atoms with E-state index in [2.05, 4.69) is 18.7 Å². The minimum Gasteiger partial charge on any atom is -0.198 e. The fourth-order valence-corrected chi connectivity index (χ4v) is 3.57. The second-order valence-electron chi connectivity index (χ2n) is 5.65. The van der Waals surface area contributed by atoms with E-state index in [9.17, 15) is 0 Å². The molecule has 2 saturated carbocycles. The number of hydrogen-bond acceptors (Lipinski definition) is 1. The zero-order valence-electron chi connectivity index (χ0n) is 10.2. The van der Waals surface area contributed by atoms with Crippen molar-refractivity contribution in [1.29, 1.82) is 5.26 Å². The second kappa shape index (κ2) is 5.53. The van der Waals surface area contributed by atoms with Crippen LogP contribution in [0, 0.1) is 35.0 Å². The lowest BCUT2D eigenvalue weighted by atomic mass is 9.69. The Morgan fingerprint density at radius 3 is 1.81 bits per heavy atom. The van der Waals surface area contributed by atoms with E-state index in [1.54, 1.807) is 0 Å². The fourth-order valence-electron chi connectivity index (χ4n) is 3.57. The topological polar surface area (TPSA) is 23.8 Å². The second-order valence-corrected chi connectivity index (χ2v) is 5.65. The average molecular weight is 217 g/mol. The molecule has 0 radical (unpaired) electrons. The van der Waals surface area contributed by atoms with Crippen LogP contribution in [0.3, 0.4) is 0 Å². The van der Waals surface area contributed by atoms with Gasteiger partial charge in [0.15, 0.2) is 0 Å². The Kier molecular flexibility index (Phi) is 4.04. The minimum atomic E-state index is 0.362. The summed E-state index contributed by atoms with van der Waals surface area (Å²) in [6.07, 6.45) is 12.6. The van der Waals surface area contributed by atoms with Crippen LogP contribution in [0.4, 0.5) is 0 Å². The number of rotatable bonds is 2. The third-order valence-corrected chi connectivity index (χ3v) is 4.77. The van der Waals surface area contributed by atoms with Crippen LogP contribution in [0.1, 0.15) is 51.4 Å². The molecule has 2 aliphatic rings. The summed E-state index contributed by atoms with van der Waals surface area (Å²) < 4.78 is 0. The highest BCUT2D eigenvalue weighted by Crippen LogP contribution is 2.41. The standard InChI is InChI=1S/C15H23N/c1-2-12-3-7-14(8-4-12)15-9-5-13(11-16)6-10-15/h2,12-15H,1,3-10H2. The van der Waals surface area contributed by atoms with Gasteiger partial charge in [0.05, 0.1) is 6.07 Å². The maximum Gasteiger partial charge on any atom is 0.0655 e. The quantitative estimate of drug-likeness (QED) is 0.632. The van der Waals surface area contributed by atoms with Gasteiger partial charge in [-0.15, -0.1) is 6.58 Å². The molecule has 0 aliphatic heterocycles. The van der Waals surface area contributed by atoms with Gasteiger partial charge >= 0.3 is 0 Å². The maximum absolute atomic E-state index is 8.89. The molecule has 88 valence electrons. The molecule has 0 aromatic carbocycles. The third kappa shape index (κ3) is 2.67. The van der Waals surface area contributed by atoms with Crippen molar-refractivity contribution in [3.63, 3.8) is 0 Å². The van der Waals surface area contributed by atoms with Crippen LogP contribution in [0.25, 0.3) is 0 Å². The van der Waals surface area contributed by atoms with E-state index in [1.165, 1.54) is 38.5 Å². The van der Waals surface area contributed by atoms with Crippen LogP contribution in [0.2, 0.25) is 0 Å². The Bertz CT molecular complexity index is 260. The van der Waals surface area contributed by atoms with E-state index in [4.69, 9.17) is 5.26 Å². The predicted octanol–water partition coefficient (Wildman–Crippen LogP) is 4.31. The number of allylic oxidation sites excluding steroid dienone is 1. The zero-order chi connectivity index (χ0) is 11.4. The van der Waals surface area contributed by atoms with Crippen LogP contribution in [0.5, 0.6) is 0 Å².